The lowest BCUT2D eigenvalue weighted by Gasteiger charge is -2.37. The molecule has 1 aromatic heterocycles. The molecule has 1 aliphatic heterocycles. The highest BCUT2D eigenvalue weighted by Gasteiger charge is 2.22. The fourth-order valence-corrected chi connectivity index (χ4v) is 3.72. The third-order valence-electron chi connectivity index (χ3n) is 5.50. The summed E-state index contributed by atoms with van der Waals surface area (Å²) in [5, 5.41) is 3.96. The van der Waals surface area contributed by atoms with Crippen LogP contribution in [0.2, 0.25) is 0 Å². The summed E-state index contributed by atoms with van der Waals surface area (Å²) in [6.45, 7) is 7.35. The summed E-state index contributed by atoms with van der Waals surface area (Å²) in [7, 11) is 0. The lowest BCUT2D eigenvalue weighted by atomic mass is 10.1. The van der Waals surface area contributed by atoms with Crippen molar-refractivity contribution in [2.45, 2.75) is 20.5 Å². The van der Waals surface area contributed by atoms with Crippen molar-refractivity contribution in [2.24, 2.45) is 0 Å². The number of piperazine rings is 1. The van der Waals surface area contributed by atoms with Crippen LogP contribution >= 0.6 is 0 Å². The molecule has 1 saturated heterocycles. The van der Waals surface area contributed by atoms with Crippen LogP contribution in [0.4, 0.5) is 10.1 Å². The van der Waals surface area contributed by atoms with Crippen LogP contribution in [-0.2, 0) is 16.1 Å². The Morgan fingerprint density at radius 3 is 2.55 bits per heavy atom. The monoisotopic (exact) mass is 423 g/mol. The van der Waals surface area contributed by atoms with E-state index in [0.717, 1.165) is 18.7 Å². The Kier molecular flexibility index (Phi) is 6.32. The lowest BCUT2D eigenvalue weighted by molar-refractivity contribution is -0.136. The molecule has 162 valence electrons. The second-order valence-electron chi connectivity index (χ2n) is 7.84. The number of aryl methyl sites for hydroxylation is 2. The number of aromatic nitrogens is 1. The van der Waals surface area contributed by atoms with Gasteiger partial charge in [0.05, 0.1) is 6.61 Å². The van der Waals surface area contributed by atoms with Crippen LogP contribution in [0.1, 0.15) is 16.8 Å². The van der Waals surface area contributed by atoms with E-state index in [1.165, 1.54) is 28.9 Å². The molecule has 6 nitrogen and oxygen atoms in total. The zero-order valence-electron chi connectivity index (χ0n) is 17.8. The number of nitrogens with zero attached hydrogens (tertiary/aromatic N) is 3. The van der Waals surface area contributed by atoms with Crippen molar-refractivity contribution >= 4 is 11.6 Å². The summed E-state index contributed by atoms with van der Waals surface area (Å²) in [5.41, 5.74) is 5.06. The fourth-order valence-electron chi connectivity index (χ4n) is 3.72. The maximum absolute atomic E-state index is 13.0. The van der Waals surface area contributed by atoms with Crippen molar-refractivity contribution in [1.29, 1.82) is 0 Å². The molecule has 1 aliphatic rings. The van der Waals surface area contributed by atoms with E-state index in [9.17, 15) is 9.18 Å². The number of amides is 1. The molecule has 0 saturated carbocycles. The van der Waals surface area contributed by atoms with Crippen molar-refractivity contribution in [3.8, 4) is 11.3 Å². The molecule has 1 amide bonds. The second-order valence-corrected chi connectivity index (χ2v) is 7.84. The van der Waals surface area contributed by atoms with Gasteiger partial charge >= 0.3 is 0 Å². The maximum Gasteiger partial charge on any atom is 0.248 e. The van der Waals surface area contributed by atoms with Gasteiger partial charge in [0.15, 0.2) is 5.76 Å². The molecule has 0 unspecified atom stereocenters. The first-order valence-corrected chi connectivity index (χ1v) is 10.4. The molecule has 0 N–H and O–H groups in total. The van der Waals surface area contributed by atoms with E-state index in [1.54, 1.807) is 18.2 Å². The largest absolute Gasteiger partial charge is 0.368 e. The Morgan fingerprint density at radius 1 is 1.06 bits per heavy atom. The van der Waals surface area contributed by atoms with Gasteiger partial charge in [0.1, 0.15) is 18.1 Å². The zero-order chi connectivity index (χ0) is 21.8. The standard InChI is InChI=1S/C24H26FN3O3/c1-17-3-4-18(2)22(13-17)27-9-11-28(12-10-27)24(29)16-30-15-21-14-23(31-26-21)19-5-7-20(25)8-6-19/h3-8,13-14H,9-12,15-16H2,1-2H3. The Labute approximate surface area is 181 Å². The molecule has 3 aromatic rings. The summed E-state index contributed by atoms with van der Waals surface area (Å²) >= 11 is 0. The van der Waals surface area contributed by atoms with Crippen LogP contribution in [0.5, 0.6) is 0 Å². The average Bonchev–Trinajstić information content (AvgIpc) is 3.25. The number of carbonyl (C=O) groups excluding carboxylic acids is 1. The number of benzene rings is 2. The van der Waals surface area contributed by atoms with Crippen molar-refractivity contribution in [1.82, 2.24) is 10.1 Å². The highest BCUT2D eigenvalue weighted by molar-refractivity contribution is 5.77. The third-order valence-corrected chi connectivity index (χ3v) is 5.50. The van der Waals surface area contributed by atoms with E-state index < -0.39 is 0 Å². The van der Waals surface area contributed by atoms with Crippen LogP contribution in [0.15, 0.2) is 53.1 Å². The molecule has 0 atom stereocenters. The van der Waals surface area contributed by atoms with E-state index in [0.29, 0.717) is 24.5 Å². The van der Waals surface area contributed by atoms with Crippen LogP contribution in [0.25, 0.3) is 11.3 Å². The number of hydrogen-bond acceptors (Lipinski definition) is 5. The van der Waals surface area contributed by atoms with E-state index in [1.807, 2.05) is 4.90 Å². The minimum atomic E-state index is -0.305. The number of halogens is 1. The molecule has 0 aliphatic carbocycles. The molecule has 2 heterocycles. The molecule has 4 rings (SSSR count). The minimum absolute atomic E-state index is 0.00220. The van der Waals surface area contributed by atoms with Crippen molar-refractivity contribution < 1.29 is 18.4 Å². The predicted molar refractivity (Wildman–Crippen MR) is 116 cm³/mol. The molecule has 2 aromatic carbocycles. The van der Waals surface area contributed by atoms with Crippen LogP contribution < -0.4 is 4.90 Å². The van der Waals surface area contributed by atoms with Gasteiger partial charge in [-0.3, -0.25) is 4.79 Å². The molecule has 7 heteroatoms. The SMILES string of the molecule is Cc1ccc(C)c(N2CCN(C(=O)COCc3cc(-c4ccc(F)cc4)on3)CC2)c1. The second kappa shape index (κ2) is 9.31. The van der Waals surface area contributed by atoms with E-state index >= 15 is 0 Å². The molecule has 0 radical (unpaired) electrons. The van der Waals surface area contributed by atoms with Gasteiger partial charge in [-0.05, 0) is 55.3 Å². The van der Waals surface area contributed by atoms with E-state index in [-0.39, 0.29) is 24.9 Å². The quantitative estimate of drug-likeness (QED) is 0.601. The Morgan fingerprint density at radius 2 is 1.81 bits per heavy atom. The number of hydrogen-bond donors (Lipinski definition) is 0. The Hall–Kier alpha value is -3.19. The average molecular weight is 423 g/mol. The van der Waals surface area contributed by atoms with Gasteiger partial charge in [-0.25, -0.2) is 4.39 Å². The number of carbonyl (C=O) groups is 1. The van der Waals surface area contributed by atoms with Crippen LogP contribution in [0.3, 0.4) is 0 Å². The number of anilines is 1. The van der Waals surface area contributed by atoms with Gasteiger partial charge in [0.2, 0.25) is 5.91 Å². The first-order chi connectivity index (χ1) is 15.0. The van der Waals surface area contributed by atoms with Gasteiger partial charge in [-0.15, -0.1) is 0 Å². The maximum atomic E-state index is 13.0. The predicted octanol–water partition coefficient (Wildman–Crippen LogP) is 3.96. The van der Waals surface area contributed by atoms with E-state index in [4.69, 9.17) is 9.26 Å². The van der Waals surface area contributed by atoms with Gasteiger partial charge in [0, 0.05) is 43.5 Å². The lowest BCUT2D eigenvalue weighted by Crippen LogP contribution is -2.50. The minimum Gasteiger partial charge on any atom is -0.368 e. The first kappa shape index (κ1) is 21.1. The van der Waals surface area contributed by atoms with Gasteiger partial charge in [-0.2, -0.15) is 0 Å². The first-order valence-electron chi connectivity index (χ1n) is 10.4. The summed E-state index contributed by atoms with van der Waals surface area (Å²) < 4.78 is 23.9. The highest BCUT2D eigenvalue weighted by atomic mass is 19.1. The van der Waals surface area contributed by atoms with Crippen molar-refractivity contribution in [3.63, 3.8) is 0 Å². The van der Waals surface area contributed by atoms with Gasteiger partial charge < -0.3 is 19.1 Å². The molecule has 0 bridgehead atoms. The van der Waals surface area contributed by atoms with Crippen molar-refractivity contribution in [3.05, 3.63) is 71.2 Å². The third kappa shape index (κ3) is 5.11. The fraction of sp³-hybridized carbons (Fsp3) is 0.333. The molecule has 1 fully saturated rings. The topological polar surface area (TPSA) is 58.8 Å². The van der Waals surface area contributed by atoms with Crippen LogP contribution in [-0.4, -0.2) is 48.7 Å². The number of rotatable bonds is 6. The van der Waals surface area contributed by atoms with E-state index in [2.05, 4.69) is 42.1 Å². The Balaban J connectivity index is 1.24. The normalized spacial score (nSPS) is 14.2. The van der Waals surface area contributed by atoms with Crippen molar-refractivity contribution in [2.75, 3.05) is 37.7 Å². The molecule has 31 heavy (non-hydrogen) atoms. The highest BCUT2D eigenvalue weighted by Crippen LogP contribution is 2.23. The number of ether oxygens (including phenoxy) is 1. The Bertz CT molecular complexity index is 1040. The van der Waals surface area contributed by atoms with Gasteiger partial charge in [0.25, 0.3) is 0 Å². The molecule has 0 spiro atoms. The van der Waals surface area contributed by atoms with Gasteiger partial charge in [-0.1, -0.05) is 17.3 Å². The zero-order valence-corrected chi connectivity index (χ0v) is 17.8. The molecular weight excluding hydrogens is 397 g/mol. The summed E-state index contributed by atoms with van der Waals surface area (Å²) in [5.74, 6) is 0.204. The van der Waals surface area contributed by atoms with Crippen LogP contribution in [0, 0.1) is 19.7 Å². The summed E-state index contributed by atoms with van der Waals surface area (Å²) in [6, 6.07) is 14.2. The summed E-state index contributed by atoms with van der Waals surface area (Å²) in [6.07, 6.45) is 0. The molecular formula is C24H26FN3O3. The smallest absolute Gasteiger partial charge is 0.248 e. The summed E-state index contributed by atoms with van der Waals surface area (Å²) in [4.78, 5) is 16.7.